The van der Waals surface area contributed by atoms with E-state index in [0.29, 0.717) is 4.38 Å². The lowest BCUT2D eigenvalue weighted by Crippen LogP contribution is -1.91. The Balaban J connectivity index is 2.97. The van der Waals surface area contributed by atoms with Gasteiger partial charge in [0.05, 0.1) is 7.11 Å². The number of ether oxygens (including phenoxy) is 1. The number of unbranched alkanes of at least 4 members (excludes halogenated alkanes) is 1. The van der Waals surface area contributed by atoms with Crippen molar-refractivity contribution >= 4 is 28.4 Å². The molecule has 0 aromatic carbocycles. The summed E-state index contributed by atoms with van der Waals surface area (Å²) in [5.74, 6) is 1.09. The molecule has 0 bridgehead atoms. The molecule has 0 heterocycles. The van der Waals surface area contributed by atoms with Crippen molar-refractivity contribution in [3.8, 4) is 0 Å². The van der Waals surface area contributed by atoms with Crippen molar-refractivity contribution in [1.29, 1.82) is 0 Å². The second kappa shape index (κ2) is 6.36. The van der Waals surface area contributed by atoms with Crippen LogP contribution in [0, 0.1) is 0 Å². The van der Waals surface area contributed by atoms with Gasteiger partial charge in [-0.15, -0.1) is 0 Å². The minimum Gasteiger partial charge on any atom is -0.482 e. The van der Waals surface area contributed by atoms with Crippen LogP contribution in [0.15, 0.2) is 0 Å². The zero-order valence-corrected chi connectivity index (χ0v) is 7.48. The smallest absolute Gasteiger partial charge is 0.219 e. The largest absolute Gasteiger partial charge is 0.482 e. The molecule has 0 rings (SSSR count). The van der Waals surface area contributed by atoms with Crippen molar-refractivity contribution in [2.45, 2.75) is 19.8 Å². The van der Waals surface area contributed by atoms with Crippen LogP contribution >= 0.6 is 24.0 Å². The standard InChI is InChI=1S/C6H12OS2/c1-3-4-5-9-6(8)7-2/h3-5H2,1-2H3. The molecule has 0 amide bonds. The van der Waals surface area contributed by atoms with E-state index in [0.717, 1.165) is 5.75 Å². The fourth-order valence-corrected chi connectivity index (χ4v) is 1.33. The molecule has 0 aromatic heterocycles. The van der Waals surface area contributed by atoms with Crippen LogP contribution in [0.1, 0.15) is 19.8 Å². The Morgan fingerprint density at radius 2 is 2.33 bits per heavy atom. The number of thiocarbonyl (C=S) groups is 1. The first-order valence-electron chi connectivity index (χ1n) is 3.02. The molecule has 0 radical (unpaired) electrons. The normalized spacial score (nSPS) is 9.11. The van der Waals surface area contributed by atoms with Crippen molar-refractivity contribution in [2.24, 2.45) is 0 Å². The van der Waals surface area contributed by atoms with E-state index in [1.807, 2.05) is 0 Å². The number of thioether (sulfide) groups is 1. The van der Waals surface area contributed by atoms with Crippen molar-refractivity contribution in [1.82, 2.24) is 0 Å². The van der Waals surface area contributed by atoms with Gasteiger partial charge in [0.25, 0.3) is 0 Å². The zero-order chi connectivity index (χ0) is 7.11. The van der Waals surface area contributed by atoms with Crippen LogP contribution in [0.4, 0.5) is 0 Å². The third kappa shape index (κ3) is 6.12. The Morgan fingerprint density at radius 1 is 1.67 bits per heavy atom. The summed E-state index contributed by atoms with van der Waals surface area (Å²) >= 11 is 6.42. The average Bonchev–Trinajstić information content (AvgIpc) is 1.89. The molecule has 0 unspecified atom stereocenters. The highest BCUT2D eigenvalue weighted by atomic mass is 32.2. The van der Waals surface area contributed by atoms with Crippen molar-refractivity contribution in [3.05, 3.63) is 0 Å². The maximum absolute atomic E-state index is 4.81. The predicted octanol–water partition coefficient (Wildman–Crippen LogP) is 2.45. The lowest BCUT2D eigenvalue weighted by atomic mass is 10.4. The fraction of sp³-hybridized carbons (Fsp3) is 0.833. The number of hydrogen-bond donors (Lipinski definition) is 0. The Kier molecular flexibility index (Phi) is 6.53. The van der Waals surface area contributed by atoms with E-state index in [1.54, 1.807) is 18.9 Å². The average molecular weight is 164 g/mol. The molecule has 0 aromatic rings. The number of hydrogen-bond acceptors (Lipinski definition) is 3. The van der Waals surface area contributed by atoms with Gasteiger partial charge in [0.15, 0.2) is 0 Å². The van der Waals surface area contributed by atoms with Crippen LogP contribution in [-0.2, 0) is 4.74 Å². The molecule has 0 N–H and O–H groups in total. The first-order valence-corrected chi connectivity index (χ1v) is 4.41. The molecule has 1 nitrogen and oxygen atoms in total. The van der Waals surface area contributed by atoms with Gasteiger partial charge < -0.3 is 4.74 Å². The molecule has 9 heavy (non-hydrogen) atoms. The molecular formula is C6H12OS2. The molecule has 0 fully saturated rings. The summed E-state index contributed by atoms with van der Waals surface area (Å²) in [6.45, 7) is 2.16. The SMILES string of the molecule is CCCCSC(=S)OC. The third-order valence-corrected chi connectivity index (χ3v) is 2.30. The van der Waals surface area contributed by atoms with Crippen molar-refractivity contribution < 1.29 is 4.74 Å². The Labute approximate surface area is 66.2 Å². The summed E-state index contributed by atoms with van der Waals surface area (Å²) in [7, 11) is 1.61. The summed E-state index contributed by atoms with van der Waals surface area (Å²) in [5.41, 5.74) is 0. The lowest BCUT2D eigenvalue weighted by Gasteiger charge is -1.98. The van der Waals surface area contributed by atoms with Gasteiger partial charge in [0.2, 0.25) is 4.38 Å². The molecule has 54 valence electrons. The fourth-order valence-electron chi connectivity index (χ4n) is 0.359. The van der Waals surface area contributed by atoms with Crippen LogP contribution in [0.3, 0.4) is 0 Å². The quantitative estimate of drug-likeness (QED) is 0.468. The topological polar surface area (TPSA) is 9.23 Å². The van der Waals surface area contributed by atoms with E-state index < -0.39 is 0 Å². The van der Waals surface area contributed by atoms with Gasteiger partial charge in [-0.3, -0.25) is 0 Å². The first kappa shape index (κ1) is 9.24. The van der Waals surface area contributed by atoms with E-state index in [2.05, 4.69) is 6.92 Å². The van der Waals surface area contributed by atoms with Gasteiger partial charge in [-0.2, -0.15) is 0 Å². The van der Waals surface area contributed by atoms with Crippen LogP contribution in [0.5, 0.6) is 0 Å². The maximum Gasteiger partial charge on any atom is 0.219 e. The molecule has 3 heteroatoms. The number of methoxy groups -OCH3 is 1. The molecule has 0 aliphatic rings. The minimum absolute atomic E-state index is 0.656. The Morgan fingerprint density at radius 3 is 2.78 bits per heavy atom. The van der Waals surface area contributed by atoms with Crippen LogP contribution in [0.2, 0.25) is 0 Å². The molecule has 0 atom stereocenters. The van der Waals surface area contributed by atoms with E-state index in [9.17, 15) is 0 Å². The van der Waals surface area contributed by atoms with Gasteiger partial charge in [-0.1, -0.05) is 25.1 Å². The van der Waals surface area contributed by atoms with Gasteiger partial charge in [-0.05, 0) is 18.6 Å². The van der Waals surface area contributed by atoms with Gasteiger partial charge in [0, 0.05) is 5.75 Å². The predicted molar refractivity (Wildman–Crippen MR) is 47.0 cm³/mol. The highest BCUT2D eigenvalue weighted by Gasteiger charge is 1.92. The molecule has 0 saturated heterocycles. The lowest BCUT2D eigenvalue weighted by molar-refractivity contribution is 0.426. The summed E-state index contributed by atoms with van der Waals surface area (Å²) in [6.07, 6.45) is 2.44. The van der Waals surface area contributed by atoms with Crippen LogP contribution in [0.25, 0.3) is 0 Å². The van der Waals surface area contributed by atoms with Crippen molar-refractivity contribution in [2.75, 3.05) is 12.9 Å². The number of rotatable bonds is 3. The Hall–Kier alpha value is 0.240. The molecule has 0 spiro atoms. The summed E-state index contributed by atoms with van der Waals surface area (Å²) in [5, 5.41) is 0. The second-order valence-corrected chi connectivity index (χ2v) is 3.35. The molecule has 0 aliphatic carbocycles. The first-order chi connectivity index (χ1) is 4.31. The summed E-state index contributed by atoms with van der Waals surface area (Å²) < 4.78 is 5.45. The van der Waals surface area contributed by atoms with Crippen LogP contribution in [-0.4, -0.2) is 17.2 Å². The van der Waals surface area contributed by atoms with Gasteiger partial charge >= 0.3 is 0 Å². The van der Waals surface area contributed by atoms with E-state index >= 15 is 0 Å². The summed E-state index contributed by atoms with van der Waals surface area (Å²) in [6, 6.07) is 0. The van der Waals surface area contributed by atoms with E-state index in [1.165, 1.54) is 12.8 Å². The van der Waals surface area contributed by atoms with Gasteiger partial charge in [-0.25, -0.2) is 0 Å². The highest BCUT2D eigenvalue weighted by molar-refractivity contribution is 8.22. The highest BCUT2D eigenvalue weighted by Crippen LogP contribution is 2.07. The van der Waals surface area contributed by atoms with E-state index in [4.69, 9.17) is 17.0 Å². The monoisotopic (exact) mass is 164 g/mol. The van der Waals surface area contributed by atoms with Gasteiger partial charge in [0.1, 0.15) is 0 Å². The van der Waals surface area contributed by atoms with Crippen molar-refractivity contribution in [3.63, 3.8) is 0 Å². The second-order valence-electron chi connectivity index (χ2n) is 1.66. The van der Waals surface area contributed by atoms with E-state index in [-0.39, 0.29) is 0 Å². The maximum atomic E-state index is 4.81. The van der Waals surface area contributed by atoms with Crippen LogP contribution < -0.4 is 0 Å². The Bertz CT molecular complexity index is 83.1. The third-order valence-electron chi connectivity index (χ3n) is 0.884. The molecular weight excluding hydrogens is 152 g/mol. The molecule has 0 saturated carbocycles. The minimum atomic E-state index is 0.656. The zero-order valence-electron chi connectivity index (χ0n) is 5.85. The summed E-state index contributed by atoms with van der Waals surface area (Å²) in [4.78, 5) is 0. The molecule has 0 aliphatic heterocycles.